The monoisotopic (exact) mass is 493 g/mol. The van der Waals surface area contributed by atoms with E-state index in [1.807, 2.05) is 0 Å². The summed E-state index contributed by atoms with van der Waals surface area (Å²) in [6, 6.07) is 3.98. The first-order valence-electron chi connectivity index (χ1n) is 9.98. The van der Waals surface area contributed by atoms with Crippen LogP contribution >= 0.6 is 0 Å². The summed E-state index contributed by atoms with van der Waals surface area (Å²) in [5, 5.41) is 6.88. The number of hydrogen-bond donors (Lipinski definition) is 3. The van der Waals surface area contributed by atoms with Crippen LogP contribution in [0, 0.1) is 11.6 Å². The first kappa shape index (κ1) is 23.9. The minimum Gasteiger partial charge on any atom is -0.349 e. The molecule has 0 radical (unpaired) electrons. The smallest absolute Gasteiger partial charge is 0.349 e. The maximum Gasteiger partial charge on any atom is 0.416 e. The molecule has 0 saturated carbocycles. The van der Waals surface area contributed by atoms with Gasteiger partial charge in [0.25, 0.3) is 11.8 Å². The van der Waals surface area contributed by atoms with Crippen LogP contribution in [0.2, 0.25) is 0 Å². The summed E-state index contributed by atoms with van der Waals surface area (Å²) in [5.41, 5.74) is -3.31. The van der Waals surface area contributed by atoms with Gasteiger partial charge in [-0.2, -0.15) is 13.2 Å². The summed E-state index contributed by atoms with van der Waals surface area (Å²) in [6.07, 6.45) is -1.73. The fourth-order valence-corrected chi connectivity index (χ4v) is 3.75. The van der Waals surface area contributed by atoms with Crippen LogP contribution in [0.25, 0.3) is 11.1 Å². The number of aromatic nitrogens is 2. The van der Waals surface area contributed by atoms with Crippen molar-refractivity contribution in [1.82, 2.24) is 25.5 Å². The van der Waals surface area contributed by atoms with Crippen molar-refractivity contribution < 1.29 is 36.3 Å². The maximum absolute atomic E-state index is 14.0. The summed E-state index contributed by atoms with van der Waals surface area (Å²) < 4.78 is 68.1. The molecule has 1 atom stereocenters. The van der Waals surface area contributed by atoms with Crippen LogP contribution in [0.3, 0.4) is 0 Å². The van der Waals surface area contributed by atoms with E-state index in [-0.39, 0.29) is 17.0 Å². The lowest BCUT2D eigenvalue weighted by molar-refractivity contribution is -0.137. The Bertz CT molecular complexity index is 1340. The average Bonchev–Trinajstić information content (AvgIpc) is 3.35. The molecular formula is C22H16F5N5O3. The lowest BCUT2D eigenvalue weighted by Gasteiger charge is -2.26. The highest BCUT2D eigenvalue weighted by Crippen LogP contribution is 2.33. The predicted molar refractivity (Wildman–Crippen MR) is 111 cm³/mol. The molecule has 2 aromatic carbocycles. The largest absolute Gasteiger partial charge is 0.416 e. The molecular weight excluding hydrogens is 477 g/mol. The van der Waals surface area contributed by atoms with Crippen LogP contribution < -0.4 is 16.0 Å². The molecule has 4 rings (SSSR count). The number of imide groups is 1. The van der Waals surface area contributed by atoms with Gasteiger partial charge in [-0.05, 0) is 35.4 Å². The number of benzene rings is 2. The number of amides is 4. The van der Waals surface area contributed by atoms with Crippen LogP contribution in [0.1, 0.15) is 21.7 Å². The van der Waals surface area contributed by atoms with E-state index >= 15 is 0 Å². The number of urea groups is 1. The Kier molecular flexibility index (Phi) is 5.79. The Balaban J connectivity index is 1.68. The van der Waals surface area contributed by atoms with Gasteiger partial charge < -0.3 is 15.2 Å². The van der Waals surface area contributed by atoms with E-state index in [4.69, 9.17) is 0 Å². The summed E-state index contributed by atoms with van der Waals surface area (Å²) in [6.45, 7) is -0.514. The summed E-state index contributed by atoms with van der Waals surface area (Å²) in [5.74, 6) is -4.36. The summed E-state index contributed by atoms with van der Waals surface area (Å²) in [4.78, 5) is 41.5. The number of nitrogens with one attached hydrogen (secondary N) is 3. The van der Waals surface area contributed by atoms with Gasteiger partial charge in [0.05, 0.1) is 17.7 Å². The lowest BCUT2D eigenvalue weighted by Crippen LogP contribution is -2.54. The molecule has 13 heteroatoms. The number of alkyl halides is 3. The predicted octanol–water partition coefficient (Wildman–Crippen LogP) is 2.85. The van der Waals surface area contributed by atoms with Crippen LogP contribution in [0.4, 0.5) is 26.7 Å². The van der Waals surface area contributed by atoms with Crippen molar-refractivity contribution in [2.45, 2.75) is 11.7 Å². The standard InChI is InChI=1S/C22H16F5N5O3/c1-32-7-6-28-18(32)21(19(34)30-20(35)31-21)10-29-17(33)14-9-16(24)15(23)8-13(14)11-2-4-12(5-3-11)22(25,26)27/h2-9H,10H2,1H3,(H,29,33)(H2,30,31,34,35). The zero-order valence-electron chi connectivity index (χ0n) is 17.8. The van der Waals surface area contributed by atoms with Crippen molar-refractivity contribution in [3.05, 3.63) is 77.4 Å². The van der Waals surface area contributed by atoms with Crippen LogP contribution in [-0.4, -0.2) is 33.9 Å². The third-order valence-electron chi connectivity index (χ3n) is 5.49. The number of imidazole rings is 1. The topological polar surface area (TPSA) is 105 Å². The molecule has 3 aromatic rings. The molecule has 35 heavy (non-hydrogen) atoms. The molecule has 182 valence electrons. The highest BCUT2D eigenvalue weighted by atomic mass is 19.4. The minimum absolute atomic E-state index is 0.0211. The van der Waals surface area contributed by atoms with Gasteiger partial charge in [0.15, 0.2) is 17.2 Å². The number of carbonyl (C=O) groups is 3. The van der Waals surface area contributed by atoms with Gasteiger partial charge in [-0.3, -0.25) is 14.9 Å². The van der Waals surface area contributed by atoms with E-state index in [9.17, 15) is 36.3 Å². The van der Waals surface area contributed by atoms with Crippen molar-refractivity contribution in [3.63, 3.8) is 0 Å². The molecule has 2 heterocycles. The first-order valence-corrected chi connectivity index (χ1v) is 9.98. The van der Waals surface area contributed by atoms with E-state index in [1.54, 1.807) is 7.05 Å². The molecule has 1 aliphatic heterocycles. The first-order chi connectivity index (χ1) is 16.4. The second-order valence-corrected chi connectivity index (χ2v) is 7.75. The Morgan fingerprint density at radius 2 is 1.77 bits per heavy atom. The number of nitrogens with zero attached hydrogens (tertiary/aromatic N) is 2. The molecule has 1 unspecified atom stereocenters. The molecule has 0 aliphatic carbocycles. The number of hydrogen-bond acceptors (Lipinski definition) is 4. The normalized spacial score (nSPS) is 17.8. The van der Waals surface area contributed by atoms with E-state index in [0.29, 0.717) is 12.1 Å². The van der Waals surface area contributed by atoms with Gasteiger partial charge in [-0.25, -0.2) is 18.6 Å². The number of carbonyl (C=O) groups excluding carboxylic acids is 3. The molecule has 1 saturated heterocycles. The second-order valence-electron chi connectivity index (χ2n) is 7.75. The Morgan fingerprint density at radius 1 is 1.11 bits per heavy atom. The number of rotatable bonds is 5. The molecule has 3 N–H and O–H groups in total. The van der Waals surface area contributed by atoms with Gasteiger partial charge in [-0.1, -0.05) is 12.1 Å². The van der Waals surface area contributed by atoms with Gasteiger partial charge in [0, 0.05) is 19.4 Å². The fourth-order valence-electron chi connectivity index (χ4n) is 3.75. The number of aryl methyl sites for hydroxylation is 1. The van der Waals surface area contributed by atoms with Gasteiger partial charge in [-0.15, -0.1) is 0 Å². The van der Waals surface area contributed by atoms with Crippen molar-refractivity contribution in [2.24, 2.45) is 7.05 Å². The van der Waals surface area contributed by atoms with Gasteiger partial charge in [0.2, 0.25) is 0 Å². The van der Waals surface area contributed by atoms with Gasteiger partial charge >= 0.3 is 12.2 Å². The molecule has 0 bridgehead atoms. The van der Waals surface area contributed by atoms with E-state index < -0.39 is 58.9 Å². The van der Waals surface area contributed by atoms with Crippen molar-refractivity contribution in [3.8, 4) is 11.1 Å². The van der Waals surface area contributed by atoms with Crippen LogP contribution in [0.5, 0.6) is 0 Å². The Hall–Kier alpha value is -4.29. The minimum atomic E-state index is -4.61. The highest BCUT2D eigenvalue weighted by molar-refractivity contribution is 6.08. The zero-order valence-corrected chi connectivity index (χ0v) is 17.8. The second kappa shape index (κ2) is 8.49. The summed E-state index contributed by atoms with van der Waals surface area (Å²) in [7, 11) is 1.56. The molecule has 4 amide bonds. The van der Waals surface area contributed by atoms with E-state index in [1.165, 1.54) is 17.0 Å². The van der Waals surface area contributed by atoms with Crippen molar-refractivity contribution in [2.75, 3.05) is 6.54 Å². The molecule has 1 aromatic heterocycles. The third-order valence-corrected chi connectivity index (χ3v) is 5.49. The fraction of sp³-hybridized carbons (Fsp3) is 0.182. The van der Waals surface area contributed by atoms with E-state index in [2.05, 4.69) is 20.9 Å². The van der Waals surface area contributed by atoms with Crippen molar-refractivity contribution >= 4 is 17.8 Å². The molecule has 1 aliphatic rings. The molecule has 8 nitrogen and oxygen atoms in total. The van der Waals surface area contributed by atoms with Gasteiger partial charge in [0.1, 0.15) is 5.82 Å². The third kappa shape index (κ3) is 4.32. The Labute approximate surface area is 194 Å². The highest BCUT2D eigenvalue weighted by Gasteiger charge is 2.51. The zero-order chi connectivity index (χ0) is 25.5. The van der Waals surface area contributed by atoms with Crippen LogP contribution in [0.15, 0.2) is 48.8 Å². The van der Waals surface area contributed by atoms with Crippen molar-refractivity contribution in [1.29, 1.82) is 0 Å². The summed E-state index contributed by atoms with van der Waals surface area (Å²) >= 11 is 0. The lowest BCUT2D eigenvalue weighted by atomic mass is 9.96. The quantitative estimate of drug-likeness (QED) is 0.376. The maximum atomic E-state index is 14.0. The average molecular weight is 493 g/mol. The van der Waals surface area contributed by atoms with Crippen LogP contribution in [-0.2, 0) is 23.6 Å². The molecule has 0 spiro atoms. The number of halogens is 5. The Morgan fingerprint density at radius 3 is 2.31 bits per heavy atom. The molecule has 1 fully saturated rings. The SMILES string of the molecule is Cn1ccnc1C1(CNC(=O)c2cc(F)c(F)cc2-c2ccc(C(F)(F)F)cc2)NC(=O)NC1=O. The van der Waals surface area contributed by atoms with E-state index in [0.717, 1.165) is 24.3 Å².